The Kier molecular flexibility index (Phi) is 5.28. The Bertz CT molecular complexity index is 124. The Labute approximate surface area is 77.5 Å². The maximum absolute atomic E-state index is 10.4. The molecule has 0 aromatic rings. The zero-order chi connectivity index (χ0) is 7.40. The van der Waals surface area contributed by atoms with Gasteiger partial charge in [0, 0.05) is 6.04 Å². The van der Waals surface area contributed by atoms with Crippen LogP contribution in [-0.4, -0.2) is 12.1 Å². The van der Waals surface area contributed by atoms with Crippen molar-refractivity contribution in [2.75, 3.05) is 0 Å². The van der Waals surface area contributed by atoms with Gasteiger partial charge in [0.15, 0.2) is 0 Å². The molecule has 3 N–H and O–H groups in total. The van der Waals surface area contributed by atoms with Gasteiger partial charge in [-0.2, -0.15) is 0 Å². The van der Waals surface area contributed by atoms with Crippen LogP contribution in [0.1, 0.15) is 32.1 Å². The van der Waals surface area contributed by atoms with Crippen LogP contribution in [0.15, 0.2) is 0 Å². The lowest BCUT2D eigenvalue weighted by molar-refractivity contribution is 0.241. The predicted octanol–water partition coefficient (Wildman–Crippen LogP) is 1.57. The molecule has 0 bridgehead atoms. The number of carbonyl (C=O) groups excluding carboxylic acids is 1. The van der Waals surface area contributed by atoms with Crippen LogP contribution >= 0.6 is 17.0 Å². The van der Waals surface area contributed by atoms with Crippen LogP contribution in [-0.2, 0) is 0 Å². The number of rotatable bonds is 1. The summed E-state index contributed by atoms with van der Waals surface area (Å²) in [5, 5.41) is 2.72. The van der Waals surface area contributed by atoms with Gasteiger partial charge in [0.25, 0.3) is 0 Å². The first-order chi connectivity index (χ1) is 4.79. The molecule has 0 heterocycles. The van der Waals surface area contributed by atoms with Crippen LogP contribution in [0.2, 0.25) is 0 Å². The average Bonchev–Trinajstić information content (AvgIpc) is 1.88. The van der Waals surface area contributed by atoms with Gasteiger partial charge in [0.1, 0.15) is 0 Å². The minimum atomic E-state index is -0.382. The monoisotopic (exact) mass is 222 g/mol. The van der Waals surface area contributed by atoms with E-state index >= 15 is 0 Å². The third-order valence-electron chi connectivity index (χ3n) is 1.95. The van der Waals surface area contributed by atoms with E-state index in [1.165, 1.54) is 19.3 Å². The van der Waals surface area contributed by atoms with E-state index in [1.54, 1.807) is 0 Å². The quantitative estimate of drug-likeness (QED) is 0.696. The van der Waals surface area contributed by atoms with Crippen LogP contribution in [0.25, 0.3) is 0 Å². The molecule has 0 radical (unpaired) electrons. The Balaban J connectivity index is 0.000001000. The Morgan fingerprint density at radius 2 is 1.82 bits per heavy atom. The predicted molar refractivity (Wildman–Crippen MR) is 49.9 cm³/mol. The Morgan fingerprint density at radius 1 is 1.27 bits per heavy atom. The number of nitrogens with one attached hydrogen (secondary N) is 1. The van der Waals surface area contributed by atoms with Gasteiger partial charge < -0.3 is 11.1 Å². The molecule has 0 saturated heterocycles. The molecule has 0 aromatic heterocycles. The zero-order valence-electron chi connectivity index (χ0n) is 6.51. The molecule has 3 nitrogen and oxygen atoms in total. The molecule has 0 atom stereocenters. The summed E-state index contributed by atoms with van der Waals surface area (Å²) in [7, 11) is 0. The zero-order valence-corrected chi connectivity index (χ0v) is 8.22. The van der Waals surface area contributed by atoms with Crippen molar-refractivity contribution < 1.29 is 4.79 Å². The van der Waals surface area contributed by atoms with Gasteiger partial charge in [0.05, 0.1) is 0 Å². The number of nitrogens with two attached hydrogens (primary N) is 1. The van der Waals surface area contributed by atoms with Crippen LogP contribution in [0, 0.1) is 0 Å². The number of primary amides is 1. The van der Waals surface area contributed by atoms with Gasteiger partial charge in [-0.25, -0.2) is 4.79 Å². The molecule has 0 aliphatic heterocycles. The van der Waals surface area contributed by atoms with Crippen molar-refractivity contribution in [1.82, 2.24) is 5.32 Å². The number of hydrogen-bond donors (Lipinski definition) is 2. The van der Waals surface area contributed by atoms with Crippen molar-refractivity contribution in [3.05, 3.63) is 0 Å². The molecule has 1 aliphatic rings. The average molecular weight is 223 g/mol. The van der Waals surface area contributed by atoms with E-state index in [0.29, 0.717) is 6.04 Å². The summed E-state index contributed by atoms with van der Waals surface area (Å²) in [6.45, 7) is 0. The molecule has 1 fully saturated rings. The first-order valence-corrected chi connectivity index (χ1v) is 3.85. The van der Waals surface area contributed by atoms with Gasteiger partial charge in [-0.1, -0.05) is 19.3 Å². The van der Waals surface area contributed by atoms with Crippen molar-refractivity contribution >= 4 is 23.0 Å². The van der Waals surface area contributed by atoms with E-state index in [1.807, 2.05) is 0 Å². The van der Waals surface area contributed by atoms with Gasteiger partial charge in [0.2, 0.25) is 0 Å². The van der Waals surface area contributed by atoms with E-state index in [4.69, 9.17) is 5.73 Å². The van der Waals surface area contributed by atoms with E-state index in [9.17, 15) is 4.79 Å². The van der Waals surface area contributed by atoms with Gasteiger partial charge in [-0.15, -0.1) is 17.0 Å². The summed E-state index contributed by atoms with van der Waals surface area (Å²) >= 11 is 0. The molecule has 11 heavy (non-hydrogen) atoms. The van der Waals surface area contributed by atoms with Crippen LogP contribution in [0.3, 0.4) is 0 Å². The lowest BCUT2D eigenvalue weighted by Crippen LogP contribution is -2.39. The molecule has 0 aromatic carbocycles. The fourth-order valence-corrected chi connectivity index (χ4v) is 1.45. The molecule has 1 aliphatic carbocycles. The maximum Gasteiger partial charge on any atom is 0.312 e. The van der Waals surface area contributed by atoms with Crippen LogP contribution < -0.4 is 11.1 Å². The summed E-state index contributed by atoms with van der Waals surface area (Å²) in [6.07, 6.45) is 5.96. The number of hydrogen-bond acceptors (Lipinski definition) is 1. The molecule has 0 unspecified atom stereocenters. The highest BCUT2D eigenvalue weighted by molar-refractivity contribution is 8.93. The van der Waals surface area contributed by atoms with Crippen LogP contribution in [0.5, 0.6) is 0 Å². The molecule has 2 amide bonds. The van der Waals surface area contributed by atoms with Crippen molar-refractivity contribution in [2.24, 2.45) is 5.73 Å². The largest absolute Gasteiger partial charge is 0.352 e. The third-order valence-corrected chi connectivity index (χ3v) is 1.95. The standard InChI is InChI=1S/C7H14N2O.BrH/c8-7(10)9-6-4-2-1-3-5-6;/h6H,1-5H2,(H3,8,9,10);1H. The lowest BCUT2D eigenvalue weighted by Gasteiger charge is -2.21. The second kappa shape index (κ2) is 5.41. The molecular weight excluding hydrogens is 208 g/mol. The topological polar surface area (TPSA) is 55.1 Å². The SMILES string of the molecule is Br.NC(=O)NC1CCCCC1. The minimum absolute atomic E-state index is 0. The lowest BCUT2D eigenvalue weighted by atomic mass is 9.96. The number of halogens is 1. The highest BCUT2D eigenvalue weighted by Crippen LogP contribution is 2.16. The van der Waals surface area contributed by atoms with E-state index in [0.717, 1.165) is 12.8 Å². The highest BCUT2D eigenvalue weighted by atomic mass is 79.9. The van der Waals surface area contributed by atoms with Crippen molar-refractivity contribution in [3.8, 4) is 0 Å². The normalized spacial score (nSPS) is 18.5. The summed E-state index contributed by atoms with van der Waals surface area (Å²) < 4.78 is 0. The Morgan fingerprint density at radius 3 is 2.27 bits per heavy atom. The van der Waals surface area contributed by atoms with E-state index in [-0.39, 0.29) is 23.0 Å². The summed E-state index contributed by atoms with van der Waals surface area (Å²) in [5.74, 6) is 0. The number of urea groups is 1. The van der Waals surface area contributed by atoms with Crippen molar-refractivity contribution in [3.63, 3.8) is 0 Å². The maximum atomic E-state index is 10.4. The number of carbonyl (C=O) groups is 1. The van der Waals surface area contributed by atoms with Crippen LogP contribution in [0.4, 0.5) is 4.79 Å². The molecule has 0 spiro atoms. The Hall–Kier alpha value is -0.250. The second-order valence-corrected chi connectivity index (χ2v) is 2.84. The third kappa shape index (κ3) is 4.24. The van der Waals surface area contributed by atoms with E-state index in [2.05, 4.69) is 5.32 Å². The number of amides is 2. The first kappa shape index (κ1) is 10.8. The molecule has 1 saturated carbocycles. The minimum Gasteiger partial charge on any atom is -0.352 e. The second-order valence-electron chi connectivity index (χ2n) is 2.84. The van der Waals surface area contributed by atoms with Crippen molar-refractivity contribution in [1.29, 1.82) is 0 Å². The molecule has 4 heteroatoms. The summed E-state index contributed by atoms with van der Waals surface area (Å²) in [5.41, 5.74) is 4.97. The fourth-order valence-electron chi connectivity index (χ4n) is 1.45. The summed E-state index contributed by atoms with van der Waals surface area (Å²) in [4.78, 5) is 10.4. The van der Waals surface area contributed by atoms with Crippen molar-refractivity contribution in [2.45, 2.75) is 38.1 Å². The fraction of sp³-hybridized carbons (Fsp3) is 0.857. The summed E-state index contributed by atoms with van der Waals surface area (Å²) in [6, 6.07) is -0.0295. The highest BCUT2D eigenvalue weighted by Gasteiger charge is 2.13. The molecular formula is C7H15BrN2O. The molecule has 66 valence electrons. The van der Waals surface area contributed by atoms with Gasteiger partial charge in [-0.05, 0) is 12.8 Å². The van der Waals surface area contributed by atoms with Gasteiger partial charge in [-0.3, -0.25) is 0 Å². The van der Waals surface area contributed by atoms with E-state index < -0.39 is 0 Å². The first-order valence-electron chi connectivity index (χ1n) is 3.85. The smallest absolute Gasteiger partial charge is 0.312 e. The van der Waals surface area contributed by atoms with Gasteiger partial charge >= 0.3 is 6.03 Å². The molecule has 1 rings (SSSR count).